The van der Waals surface area contributed by atoms with Crippen LogP contribution in [-0.2, 0) is 9.84 Å². The molecule has 0 N–H and O–H groups in total. The van der Waals surface area contributed by atoms with Gasteiger partial charge >= 0.3 is 0 Å². The molecule has 0 saturated heterocycles. The normalized spacial score (nSPS) is 11.5. The molecular weight excluding hydrogens is 330 g/mol. The molecule has 1 heterocycles. The molecule has 121 valence electrons. The van der Waals surface area contributed by atoms with Gasteiger partial charge in [-0.25, -0.2) is 8.42 Å². The summed E-state index contributed by atoms with van der Waals surface area (Å²) < 4.78 is 26.4. The summed E-state index contributed by atoms with van der Waals surface area (Å²) in [7, 11) is -3.68. The van der Waals surface area contributed by atoms with Crippen molar-refractivity contribution in [2.45, 2.75) is 9.79 Å². The Kier molecular flexibility index (Phi) is 3.82. The first-order valence-corrected chi connectivity index (χ1v) is 9.30. The molecule has 3 aromatic carbocycles. The van der Waals surface area contributed by atoms with E-state index in [9.17, 15) is 8.42 Å². The number of benzene rings is 3. The molecule has 1 aromatic heterocycles. The summed E-state index contributed by atoms with van der Waals surface area (Å²) in [5, 5.41) is 0.811. The molecule has 0 fully saturated rings. The molecule has 25 heavy (non-hydrogen) atoms. The highest BCUT2D eigenvalue weighted by Gasteiger charge is 2.24. The van der Waals surface area contributed by atoms with E-state index in [1.807, 2.05) is 36.4 Å². The zero-order chi connectivity index (χ0) is 17.3. The van der Waals surface area contributed by atoms with E-state index in [-0.39, 0.29) is 9.79 Å². The second kappa shape index (κ2) is 6.15. The molecule has 0 spiro atoms. The smallest absolute Gasteiger partial charge is 0.208 e. The van der Waals surface area contributed by atoms with Crippen molar-refractivity contribution >= 4 is 20.7 Å². The maximum atomic E-state index is 13.2. The van der Waals surface area contributed by atoms with Gasteiger partial charge in [0.2, 0.25) is 9.84 Å². The zero-order valence-corrected chi connectivity index (χ0v) is 14.1. The van der Waals surface area contributed by atoms with Crippen molar-refractivity contribution in [3.8, 4) is 11.1 Å². The van der Waals surface area contributed by atoms with Crippen LogP contribution in [0.2, 0.25) is 0 Å². The fourth-order valence-electron chi connectivity index (χ4n) is 2.90. The van der Waals surface area contributed by atoms with Crippen LogP contribution in [-0.4, -0.2) is 13.4 Å². The number of para-hydroxylation sites is 1. The van der Waals surface area contributed by atoms with Gasteiger partial charge in [-0.2, -0.15) is 0 Å². The van der Waals surface area contributed by atoms with Crippen molar-refractivity contribution in [3.63, 3.8) is 0 Å². The first-order valence-electron chi connectivity index (χ1n) is 7.82. The van der Waals surface area contributed by atoms with Crippen LogP contribution >= 0.6 is 0 Å². The van der Waals surface area contributed by atoms with E-state index in [0.717, 1.165) is 16.5 Å². The average Bonchev–Trinajstić information content (AvgIpc) is 2.68. The highest BCUT2D eigenvalue weighted by Crippen LogP contribution is 2.36. The fourth-order valence-corrected chi connectivity index (χ4v) is 4.36. The van der Waals surface area contributed by atoms with Crippen LogP contribution in [0.15, 0.2) is 94.9 Å². The van der Waals surface area contributed by atoms with Crippen LogP contribution in [0.1, 0.15) is 0 Å². The summed E-state index contributed by atoms with van der Waals surface area (Å²) >= 11 is 0. The summed E-state index contributed by atoms with van der Waals surface area (Å²) in [5.41, 5.74) is 2.26. The Bertz CT molecular complexity index is 1140. The van der Waals surface area contributed by atoms with Crippen LogP contribution in [0, 0.1) is 6.07 Å². The Morgan fingerprint density at radius 2 is 1.48 bits per heavy atom. The number of hydrogen-bond acceptors (Lipinski definition) is 3. The molecule has 0 aliphatic carbocycles. The van der Waals surface area contributed by atoms with Gasteiger partial charge in [0.05, 0.1) is 15.3 Å². The quantitative estimate of drug-likeness (QED) is 0.548. The molecule has 4 rings (SSSR count). The van der Waals surface area contributed by atoms with E-state index in [2.05, 4.69) is 11.1 Å². The second-order valence-corrected chi connectivity index (χ2v) is 7.54. The molecule has 0 aliphatic heterocycles. The Hall–Kier alpha value is -2.98. The molecule has 1 radical (unpaired) electrons. The lowest BCUT2D eigenvalue weighted by molar-refractivity contribution is 0.596. The third-order valence-corrected chi connectivity index (χ3v) is 5.87. The van der Waals surface area contributed by atoms with E-state index >= 15 is 0 Å². The number of rotatable bonds is 3. The van der Waals surface area contributed by atoms with Gasteiger partial charge in [-0.15, -0.1) is 0 Å². The Morgan fingerprint density at radius 1 is 0.800 bits per heavy atom. The standard InChI is InChI=1S/C21H14NO2S/c23-25(24,17-11-5-2-6-12-17)20-15-22-19-14-8-7-13-18(19)21(20)16-9-3-1-4-10-16/h2-15H. The van der Waals surface area contributed by atoms with Crippen molar-refractivity contribution in [2.75, 3.05) is 0 Å². The molecule has 4 aromatic rings. The molecule has 0 aliphatic rings. The van der Waals surface area contributed by atoms with Crippen LogP contribution in [0.3, 0.4) is 0 Å². The van der Waals surface area contributed by atoms with Gasteiger partial charge in [0.25, 0.3) is 0 Å². The molecule has 3 nitrogen and oxygen atoms in total. The Labute approximate surface area is 146 Å². The first kappa shape index (κ1) is 15.5. The van der Waals surface area contributed by atoms with Crippen molar-refractivity contribution in [2.24, 2.45) is 0 Å². The van der Waals surface area contributed by atoms with E-state index < -0.39 is 9.84 Å². The summed E-state index contributed by atoms with van der Waals surface area (Å²) in [5.74, 6) is 0. The first-order chi connectivity index (χ1) is 12.2. The van der Waals surface area contributed by atoms with Gasteiger partial charge in [-0.1, -0.05) is 60.7 Å². The minimum Gasteiger partial charge on any atom is -0.255 e. The van der Waals surface area contributed by atoms with Crippen molar-refractivity contribution < 1.29 is 8.42 Å². The average molecular weight is 344 g/mol. The van der Waals surface area contributed by atoms with E-state index in [1.165, 1.54) is 6.20 Å². The Balaban J connectivity index is 2.09. The maximum Gasteiger partial charge on any atom is 0.208 e. The lowest BCUT2D eigenvalue weighted by Crippen LogP contribution is -2.05. The number of hydrogen-bond donors (Lipinski definition) is 0. The van der Waals surface area contributed by atoms with Gasteiger partial charge in [0.1, 0.15) is 0 Å². The summed E-state index contributed by atoms with van der Waals surface area (Å²) in [4.78, 5) is 4.84. The molecule has 0 unspecified atom stereocenters. The number of fused-ring (bicyclic) bond motifs is 1. The molecular formula is C21H14NO2S. The lowest BCUT2D eigenvalue weighted by Gasteiger charge is -2.13. The maximum absolute atomic E-state index is 13.2. The number of aromatic nitrogens is 1. The van der Waals surface area contributed by atoms with Gasteiger partial charge in [0, 0.05) is 17.1 Å². The van der Waals surface area contributed by atoms with Crippen molar-refractivity contribution in [3.05, 3.63) is 91.1 Å². The van der Waals surface area contributed by atoms with Gasteiger partial charge in [-0.05, 0) is 29.8 Å². The molecule has 4 heteroatoms. The number of nitrogens with zero attached hydrogens (tertiary/aromatic N) is 1. The predicted octanol–water partition coefficient (Wildman–Crippen LogP) is 4.53. The SMILES string of the molecule is O=S(=O)(c1ccccc1)c1cnc2ccccc2c1-c1cc[c]cc1. The summed E-state index contributed by atoms with van der Waals surface area (Å²) in [6.45, 7) is 0. The lowest BCUT2D eigenvalue weighted by atomic mass is 10.0. The predicted molar refractivity (Wildman–Crippen MR) is 97.9 cm³/mol. The van der Waals surface area contributed by atoms with E-state index in [0.29, 0.717) is 5.56 Å². The van der Waals surface area contributed by atoms with Crippen molar-refractivity contribution in [1.82, 2.24) is 4.98 Å². The van der Waals surface area contributed by atoms with Gasteiger partial charge in [0.15, 0.2) is 0 Å². The summed E-state index contributed by atoms with van der Waals surface area (Å²) in [6.07, 6.45) is 1.46. The molecule has 0 bridgehead atoms. The molecule has 0 amide bonds. The third-order valence-electron chi connectivity index (χ3n) is 4.09. The van der Waals surface area contributed by atoms with Crippen LogP contribution in [0.4, 0.5) is 0 Å². The number of pyridine rings is 1. The van der Waals surface area contributed by atoms with Gasteiger partial charge in [-0.3, -0.25) is 4.98 Å². The summed E-state index contributed by atoms with van der Waals surface area (Å²) in [6, 6.07) is 26.3. The van der Waals surface area contributed by atoms with E-state index in [4.69, 9.17) is 0 Å². The zero-order valence-electron chi connectivity index (χ0n) is 13.3. The second-order valence-electron chi connectivity index (χ2n) is 5.62. The van der Waals surface area contributed by atoms with Crippen molar-refractivity contribution in [1.29, 1.82) is 0 Å². The molecule has 0 atom stereocenters. The third kappa shape index (κ3) is 2.71. The number of sulfone groups is 1. The largest absolute Gasteiger partial charge is 0.255 e. The highest BCUT2D eigenvalue weighted by atomic mass is 32.2. The van der Waals surface area contributed by atoms with Crippen LogP contribution in [0.25, 0.3) is 22.0 Å². The highest BCUT2D eigenvalue weighted by molar-refractivity contribution is 7.91. The molecule has 0 saturated carbocycles. The Morgan fingerprint density at radius 3 is 2.24 bits per heavy atom. The topological polar surface area (TPSA) is 47.0 Å². The fraction of sp³-hybridized carbons (Fsp3) is 0. The minimum absolute atomic E-state index is 0.212. The monoisotopic (exact) mass is 344 g/mol. The van der Waals surface area contributed by atoms with Crippen LogP contribution < -0.4 is 0 Å². The van der Waals surface area contributed by atoms with Gasteiger partial charge < -0.3 is 0 Å². The van der Waals surface area contributed by atoms with Crippen LogP contribution in [0.5, 0.6) is 0 Å². The minimum atomic E-state index is -3.68. The van der Waals surface area contributed by atoms with E-state index in [1.54, 1.807) is 42.5 Å².